The molecule has 3 nitrogen and oxygen atoms in total. The van der Waals surface area contributed by atoms with Crippen molar-refractivity contribution in [3.05, 3.63) is 29.3 Å². The molecule has 3 heteroatoms. The molecule has 0 bridgehead atoms. The molecule has 1 heterocycles. The van der Waals surface area contributed by atoms with Gasteiger partial charge in [-0.2, -0.15) is 0 Å². The molecule has 1 aliphatic heterocycles. The fraction of sp³-hybridized carbons (Fsp3) is 0.500. The number of benzene rings is 1. The summed E-state index contributed by atoms with van der Waals surface area (Å²) < 4.78 is 0. The first-order chi connectivity index (χ1) is 8.25. The second-order valence-electron chi connectivity index (χ2n) is 5.11. The zero-order valence-corrected chi connectivity index (χ0v) is 9.85. The lowest BCUT2D eigenvalue weighted by Gasteiger charge is -2.32. The normalized spacial score (nSPS) is 18.9. The molecular formula is C14H17NO2. The van der Waals surface area contributed by atoms with Crippen LogP contribution >= 0.6 is 0 Å². The summed E-state index contributed by atoms with van der Waals surface area (Å²) in [5.74, 6) is -0.0230. The van der Waals surface area contributed by atoms with E-state index in [0.29, 0.717) is 5.56 Å². The van der Waals surface area contributed by atoms with Crippen molar-refractivity contribution in [2.24, 2.45) is 5.92 Å². The molecule has 0 spiro atoms. The standard InChI is InChI=1S/C14H17NO2/c16-14(17)12-6-2-5-11-7-8-15(13(11)12)9-10-3-1-4-10/h2,5-6,10H,1,3-4,7-9H2,(H,16,17). The third-order valence-corrected chi connectivity index (χ3v) is 4.02. The van der Waals surface area contributed by atoms with Crippen molar-refractivity contribution in [1.82, 2.24) is 0 Å². The molecule has 3 rings (SSSR count). The second-order valence-corrected chi connectivity index (χ2v) is 5.11. The van der Waals surface area contributed by atoms with Gasteiger partial charge >= 0.3 is 5.97 Å². The number of para-hydroxylation sites is 1. The summed E-state index contributed by atoms with van der Waals surface area (Å²) in [4.78, 5) is 13.5. The van der Waals surface area contributed by atoms with E-state index in [9.17, 15) is 9.90 Å². The van der Waals surface area contributed by atoms with Crippen LogP contribution in [0.5, 0.6) is 0 Å². The van der Waals surface area contributed by atoms with Crippen molar-refractivity contribution in [1.29, 1.82) is 0 Å². The van der Waals surface area contributed by atoms with E-state index >= 15 is 0 Å². The molecule has 0 amide bonds. The SMILES string of the molecule is O=C(O)c1cccc2c1N(CC1CCC1)CC2. The monoisotopic (exact) mass is 231 g/mol. The van der Waals surface area contributed by atoms with Crippen LogP contribution in [0.25, 0.3) is 0 Å². The Labute approximate surface area is 101 Å². The van der Waals surface area contributed by atoms with E-state index < -0.39 is 5.97 Å². The Morgan fingerprint density at radius 2 is 2.24 bits per heavy atom. The highest BCUT2D eigenvalue weighted by atomic mass is 16.4. The maximum atomic E-state index is 11.2. The van der Waals surface area contributed by atoms with Crippen LogP contribution in [0.1, 0.15) is 35.2 Å². The maximum Gasteiger partial charge on any atom is 0.337 e. The van der Waals surface area contributed by atoms with Crippen LogP contribution in [0, 0.1) is 5.92 Å². The molecule has 1 aromatic rings. The predicted molar refractivity (Wildman–Crippen MR) is 66.7 cm³/mol. The minimum Gasteiger partial charge on any atom is -0.478 e. The fourth-order valence-electron chi connectivity index (χ4n) is 2.88. The molecule has 1 saturated carbocycles. The van der Waals surface area contributed by atoms with Gasteiger partial charge < -0.3 is 10.0 Å². The molecule has 2 aliphatic rings. The van der Waals surface area contributed by atoms with Gasteiger partial charge in [0.1, 0.15) is 0 Å². The number of hydrogen-bond donors (Lipinski definition) is 1. The van der Waals surface area contributed by atoms with Crippen molar-refractivity contribution >= 4 is 11.7 Å². The average Bonchev–Trinajstić information content (AvgIpc) is 2.66. The number of rotatable bonds is 3. The summed E-state index contributed by atoms with van der Waals surface area (Å²) in [7, 11) is 0. The van der Waals surface area contributed by atoms with Crippen LogP contribution in [0.3, 0.4) is 0 Å². The zero-order valence-electron chi connectivity index (χ0n) is 9.85. The van der Waals surface area contributed by atoms with E-state index in [1.165, 1.54) is 24.8 Å². The zero-order chi connectivity index (χ0) is 11.8. The Morgan fingerprint density at radius 3 is 2.88 bits per heavy atom. The van der Waals surface area contributed by atoms with Gasteiger partial charge in [0, 0.05) is 13.1 Å². The van der Waals surface area contributed by atoms with Crippen molar-refractivity contribution in [2.45, 2.75) is 25.7 Å². The van der Waals surface area contributed by atoms with Crippen LogP contribution in [-0.2, 0) is 6.42 Å². The molecule has 1 fully saturated rings. The Hall–Kier alpha value is -1.51. The lowest BCUT2D eigenvalue weighted by molar-refractivity contribution is 0.0697. The summed E-state index contributed by atoms with van der Waals surface area (Å²) in [5.41, 5.74) is 2.65. The van der Waals surface area contributed by atoms with Crippen LogP contribution in [0.2, 0.25) is 0 Å². The lowest BCUT2D eigenvalue weighted by atomic mass is 9.85. The van der Waals surface area contributed by atoms with Gasteiger partial charge in [-0.1, -0.05) is 18.6 Å². The molecule has 90 valence electrons. The van der Waals surface area contributed by atoms with Gasteiger partial charge in [-0.25, -0.2) is 4.79 Å². The quantitative estimate of drug-likeness (QED) is 0.869. The molecule has 17 heavy (non-hydrogen) atoms. The molecule has 1 aromatic carbocycles. The molecule has 1 N–H and O–H groups in total. The molecule has 0 saturated heterocycles. The summed E-state index contributed by atoms with van der Waals surface area (Å²) in [5, 5.41) is 9.25. The van der Waals surface area contributed by atoms with Crippen LogP contribution in [-0.4, -0.2) is 24.2 Å². The van der Waals surface area contributed by atoms with Crippen molar-refractivity contribution in [3.8, 4) is 0 Å². The third kappa shape index (κ3) is 1.79. The van der Waals surface area contributed by atoms with Gasteiger partial charge in [-0.15, -0.1) is 0 Å². The number of carbonyl (C=O) groups is 1. The third-order valence-electron chi connectivity index (χ3n) is 4.02. The number of carboxylic acids is 1. The maximum absolute atomic E-state index is 11.2. The molecule has 0 radical (unpaired) electrons. The van der Waals surface area contributed by atoms with Gasteiger partial charge in [-0.05, 0) is 36.8 Å². The van der Waals surface area contributed by atoms with Gasteiger partial charge in [0.25, 0.3) is 0 Å². The van der Waals surface area contributed by atoms with Gasteiger partial charge in [0.15, 0.2) is 0 Å². The molecule has 0 atom stereocenters. The fourth-order valence-corrected chi connectivity index (χ4v) is 2.88. The van der Waals surface area contributed by atoms with E-state index in [0.717, 1.165) is 31.1 Å². The van der Waals surface area contributed by atoms with Crippen LogP contribution in [0.4, 0.5) is 5.69 Å². The number of hydrogen-bond acceptors (Lipinski definition) is 2. The van der Waals surface area contributed by atoms with E-state index in [1.54, 1.807) is 6.07 Å². The molecule has 1 aliphatic carbocycles. The highest BCUT2D eigenvalue weighted by Gasteiger charge is 2.28. The topological polar surface area (TPSA) is 40.5 Å². The molecule has 0 unspecified atom stereocenters. The molecular weight excluding hydrogens is 214 g/mol. The number of nitrogens with zero attached hydrogens (tertiary/aromatic N) is 1. The summed E-state index contributed by atoms with van der Waals surface area (Å²) in [6, 6.07) is 5.64. The average molecular weight is 231 g/mol. The lowest BCUT2D eigenvalue weighted by Crippen LogP contribution is -2.31. The van der Waals surface area contributed by atoms with E-state index in [1.807, 2.05) is 6.07 Å². The number of aromatic carboxylic acids is 1. The minimum atomic E-state index is -0.803. The Bertz CT molecular complexity index is 452. The summed E-state index contributed by atoms with van der Waals surface area (Å²) in [6.45, 7) is 2.02. The smallest absolute Gasteiger partial charge is 0.337 e. The largest absolute Gasteiger partial charge is 0.478 e. The highest BCUT2D eigenvalue weighted by molar-refractivity contribution is 5.96. The van der Waals surface area contributed by atoms with Crippen molar-refractivity contribution < 1.29 is 9.90 Å². The summed E-state index contributed by atoms with van der Waals surface area (Å²) in [6.07, 6.45) is 4.94. The number of fused-ring (bicyclic) bond motifs is 1. The molecule has 0 aromatic heterocycles. The first kappa shape index (κ1) is 10.6. The number of anilines is 1. The first-order valence-corrected chi connectivity index (χ1v) is 6.36. The van der Waals surface area contributed by atoms with E-state index in [4.69, 9.17) is 0 Å². The van der Waals surface area contributed by atoms with Crippen molar-refractivity contribution in [2.75, 3.05) is 18.0 Å². The van der Waals surface area contributed by atoms with Gasteiger partial charge in [0.05, 0.1) is 11.3 Å². The van der Waals surface area contributed by atoms with Crippen molar-refractivity contribution in [3.63, 3.8) is 0 Å². The summed E-state index contributed by atoms with van der Waals surface area (Å²) >= 11 is 0. The second kappa shape index (κ2) is 4.06. The van der Waals surface area contributed by atoms with Crippen LogP contribution in [0.15, 0.2) is 18.2 Å². The Kier molecular flexibility index (Phi) is 2.54. The first-order valence-electron chi connectivity index (χ1n) is 6.36. The predicted octanol–water partition coefficient (Wildman–Crippen LogP) is 2.55. The Morgan fingerprint density at radius 1 is 1.41 bits per heavy atom. The minimum absolute atomic E-state index is 0.472. The van der Waals surface area contributed by atoms with Crippen LogP contribution < -0.4 is 4.90 Å². The van der Waals surface area contributed by atoms with E-state index in [2.05, 4.69) is 11.0 Å². The van der Waals surface area contributed by atoms with Gasteiger partial charge in [0.2, 0.25) is 0 Å². The highest BCUT2D eigenvalue weighted by Crippen LogP contribution is 2.35. The number of carboxylic acid groups (broad SMARTS) is 1. The van der Waals surface area contributed by atoms with Gasteiger partial charge in [-0.3, -0.25) is 0 Å². The Balaban J connectivity index is 1.90. The van der Waals surface area contributed by atoms with E-state index in [-0.39, 0.29) is 0 Å².